The van der Waals surface area contributed by atoms with Crippen LogP contribution in [0.1, 0.15) is 34.6 Å². The topological polar surface area (TPSA) is 84.7 Å². The second kappa shape index (κ2) is 8.69. The number of fused-ring (bicyclic) bond motifs is 1. The first-order valence-corrected chi connectivity index (χ1v) is 9.76. The number of thiophene rings is 1. The highest BCUT2D eigenvalue weighted by molar-refractivity contribution is 7.17. The van der Waals surface area contributed by atoms with Gasteiger partial charge in [-0.05, 0) is 57.1 Å². The van der Waals surface area contributed by atoms with Crippen LogP contribution < -0.4 is 15.8 Å². The first kappa shape index (κ1) is 22.5. The number of nitrogens with zero attached hydrogens (tertiary/aromatic N) is 1. The third kappa shape index (κ3) is 4.78. The lowest BCUT2D eigenvalue weighted by Crippen LogP contribution is -2.42. The van der Waals surface area contributed by atoms with E-state index in [9.17, 15) is 9.59 Å². The number of nitrogens with one attached hydrogen (secondary N) is 1. The largest absolute Gasteiger partial charge is 0.478 e. The number of likely N-dealkylation sites (N-methyl/N-ethyl adjacent to an activating group) is 1. The molecule has 3 N–H and O–H groups in total. The molecule has 2 heterocycles. The third-order valence-corrected chi connectivity index (χ3v) is 5.84. The number of amides is 2. The summed E-state index contributed by atoms with van der Waals surface area (Å²) in [5.41, 5.74) is 5.81. The van der Waals surface area contributed by atoms with Crippen LogP contribution in [0.2, 0.25) is 5.02 Å². The molecular weight excluding hydrogens is 421 g/mol. The van der Waals surface area contributed by atoms with Crippen LogP contribution in [0, 0.1) is 0 Å². The van der Waals surface area contributed by atoms with Crippen LogP contribution in [0.15, 0.2) is 24.3 Å². The highest BCUT2D eigenvalue weighted by Crippen LogP contribution is 2.37. The summed E-state index contributed by atoms with van der Waals surface area (Å²) < 4.78 is 5.82. The maximum atomic E-state index is 12.8. The summed E-state index contributed by atoms with van der Waals surface area (Å²) >= 11 is 7.28. The zero-order valence-corrected chi connectivity index (χ0v) is 18.3. The normalized spacial score (nSPS) is 14.0. The quantitative estimate of drug-likeness (QED) is 0.737. The Hall–Kier alpha value is -1.80. The van der Waals surface area contributed by atoms with E-state index in [0.29, 0.717) is 21.3 Å². The third-order valence-electron chi connectivity index (χ3n) is 4.45. The zero-order chi connectivity index (χ0) is 19.8. The summed E-state index contributed by atoms with van der Waals surface area (Å²) in [5.74, 6) is -0.350. The number of halogens is 2. The lowest BCUT2D eigenvalue weighted by Gasteiger charge is -2.25. The number of hydrogen-bond acceptors (Lipinski definition) is 5. The molecule has 1 aliphatic rings. The molecule has 28 heavy (non-hydrogen) atoms. The second-order valence-electron chi connectivity index (χ2n) is 7.08. The molecule has 0 unspecified atom stereocenters. The van der Waals surface area contributed by atoms with Crippen LogP contribution in [0.4, 0.5) is 5.00 Å². The molecule has 2 aromatic rings. The molecule has 3 rings (SSSR count). The van der Waals surface area contributed by atoms with Crippen molar-refractivity contribution in [3.63, 3.8) is 0 Å². The highest BCUT2D eigenvalue weighted by atomic mass is 35.5. The zero-order valence-electron chi connectivity index (χ0n) is 15.9. The maximum Gasteiger partial charge on any atom is 0.268 e. The second-order valence-corrected chi connectivity index (χ2v) is 8.62. The summed E-state index contributed by atoms with van der Waals surface area (Å²) in [4.78, 5) is 28.1. The number of rotatable bonds is 5. The van der Waals surface area contributed by atoms with Gasteiger partial charge in [-0.25, -0.2) is 0 Å². The molecule has 6 nitrogen and oxygen atoms in total. The van der Waals surface area contributed by atoms with Crippen LogP contribution in [0.3, 0.4) is 0 Å². The van der Waals surface area contributed by atoms with Gasteiger partial charge in [0.15, 0.2) is 5.60 Å². The molecule has 2 amide bonds. The van der Waals surface area contributed by atoms with Gasteiger partial charge in [-0.15, -0.1) is 23.7 Å². The number of anilines is 1. The van der Waals surface area contributed by atoms with E-state index < -0.39 is 11.5 Å². The van der Waals surface area contributed by atoms with Gasteiger partial charge in [0.05, 0.1) is 5.56 Å². The Bertz CT molecular complexity index is 881. The Balaban J connectivity index is 0.00000280. The van der Waals surface area contributed by atoms with Crippen LogP contribution >= 0.6 is 35.3 Å². The highest BCUT2D eigenvalue weighted by Gasteiger charge is 2.33. The summed E-state index contributed by atoms with van der Waals surface area (Å²) in [6.07, 6.45) is 0.737. The molecule has 0 fully saturated rings. The van der Waals surface area contributed by atoms with Crippen LogP contribution in [-0.2, 0) is 17.8 Å². The standard InChI is InChI=1S/C19H22ClN3O3S.ClH/c1-19(2,26-12-6-4-11(20)5-7-12)18(25)22-17-15(16(21)24)13-8-9-23(3)10-14(13)27-17;/h4-7H,8-10H2,1-3H3,(H2,21,24)(H,22,25);1H. The molecule has 152 valence electrons. The molecule has 1 aromatic carbocycles. The minimum absolute atomic E-state index is 0. The first-order chi connectivity index (χ1) is 12.7. The Labute approximate surface area is 179 Å². The molecule has 0 saturated carbocycles. The molecule has 0 radical (unpaired) electrons. The van der Waals surface area contributed by atoms with E-state index in [4.69, 9.17) is 22.1 Å². The van der Waals surface area contributed by atoms with Gasteiger partial charge >= 0.3 is 0 Å². The van der Waals surface area contributed by atoms with E-state index in [0.717, 1.165) is 30.0 Å². The summed E-state index contributed by atoms with van der Waals surface area (Å²) in [7, 11) is 2.02. The molecular formula is C19H23Cl2N3O3S. The molecule has 0 bridgehead atoms. The van der Waals surface area contributed by atoms with Gasteiger partial charge in [-0.2, -0.15) is 0 Å². The predicted octanol–water partition coefficient (Wildman–Crippen LogP) is 3.71. The molecule has 0 spiro atoms. The van der Waals surface area contributed by atoms with Crippen molar-refractivity contribution >= 4 is 52.2 Å². The predicted molar refractivity (Wildman–Crippen MR) is 115 cm³/mol. The average Bonchev–Trinajstić information content (AvgIpc) is 2.93. The fraction of sp³-hybridized carbons (Fsp3) is 0.368. The Kier molecular flexibility index (Phi) is 6.98. The summed E-state index contributed by atoms with van der Waals surface area (Å²) in [6, 6.07) is 6.79. The van der Waals surface area contributed by atoms with Crippen molar-refractivity contribution in [1.82, 2.24) is 4.90 Å². The molecule has 0 aliphatic carbocycles. The monoisotopic (exact) mass is 443 g/mol. The Morgan fingerprint density at radius 2 is 1.93 bits per heavy atom. The molecule has 1 aromatic heterocycles. The minimum atomic E-state index is -1.15. The smallest absolute Gasteiger partial charge is 0.268 e. The van der Waals surface area contributed by atoms with E-state index in [1.165, 1.54) is 11.3 Å². The first-order valence-electron chi connectivity index (χ1n) is 8.56. The van der Waals surface area contributed by atoms with E-state index in [1.807, 2.05) is 7.05 Å². The number of nitrogens with two attached hydrogens (primary N) is 1. The van der Waals surface area contributed by atoms with Crippen molar-refractivity contribution < 1.29 is 14.3 Å². The number of carbonyl (C=O) groups is 2. The van der Waals surface area contributed by atoms with Crippen molar-refractivity contribution in [2.75, 3.05) is 18.9 Å². The van der Waals surface area contributed by atoms with Crippen LogP contribution in [0.5, 0.6) is 5.75 Å². The number of hydrogen-bond donors (Lipinski definition) is 2. The van der Waals surface area contributed by atoms with E-state index >= 15 is 0 Å². The Morgan fingerprint density at radius 3 is 2.54 bits per heavy atom. The van der Waals surface area contributed by atoms with Crippen molar-refractivity contribution in [2.45, 2.75) is 32.4 Å². The van der Waals surface area contributed by atoms with Crippen molar-refractivity contribution in [3.05, 3.63) is 45.3 Å². The number of carbonyl (C=O) groups excluding carboxylic acids is 2. The van der Waals surface area contributed by atoms with Gasteiger partial charge in [-0.1, -0.05) is 11.6 Å². The molecule has 9 heteroatoms. The van der Waals surface area contributed by atoms with Gasteiger partial charge in [0.1, 0.15) is 10.8 Å². The van der Waals surface area contributed by atoms with Crippen molar-refractivity contribution in [1.29, 1.82) is 0 Å². The van der Waals surface area contributed by atoms with Crippen LogP contribution in [0.25, 0.3) is 0 Å². The summed E-state index contributed by atoms with van der Waals surface area (Å²) in [6.45, 7) is 4.92. The van der Waals surface area contributed by atoms with Gasteiger partial charge in [0.25, 0.3) is 11.8 Å². The van der Waals surface area contributed by atoms with E-state index in [-0.39, 0.29) is 18.3 Å². The van der Waals surface area contributed by atoms with E-state index in [1.54, 1.807) is 38.1 Å². The van der Waals surface area contributed by atoms with Crippen molar-refractivity contribution in [3.8, 4) is 5.75 Å². The Morgan fingerprint density at radius 1 is 1.29 bits per heavy atom. The number of ether oxygens (including phenoxy) is 1. The molecule has 1 aliphatic heterocycles. The number of primary amides is 1. The lowest BCUT2D eigenvalue weighted by molar-refractivity contribution is -0.128. The van der Waals surface area contributed by atoms with E-state index in [2.05, 4.69) is 10.2 Å². The summed E-state index contributed by atoms with van der Waals surface area (Å²) in [5, 5.41) is 3.92. The van der Waals surface area contributed by atoms with Gasteiger partial charge in [0.2, 0.25) is 0 Å². The SMILES string of the molecule is CN1CCc2c(sc(NC(=O)C(C)(C)Oc3ccc(Cl)cc3)c2C(N)=O)C1.Cl. The lowest BCUT2D eigenvalue weighted by atomic mass is 10.0. The van der Waals surface area contributed by atoms with Gasteiger partial charge in [-0.3, -0.25) is 9.59 Å². The van der Waals surface area contributed by atoms with Gasteiger partial charge in [0, 0.05) is 23.0 Å². The maximum absolute atomic E-state index is 12.8. The molecule has 0 atom stereocenters. The van der Waals surface area contributed by atoms with Crippen LogP contribution in [-0.4, -0.2) is 35.9 Å². The average molecular weight is 444 g/mol. The van der Waals surface area contributed by atoms with Gasteiger partial charge < -0.3 is 20.7 Å². The minimum Gasteiger partial charge on any atom is -0.478 e. The molecule has 0 saturated heterocycles. The fourth-order valence-electron chi connectivity index (χ4n) is 2.98. The van der Waals surface area contributed by atoms with Crippen molar-refractivity contribution in [2.24, 2.45) is 5.73 Å². The fourth-order valence-corrected chi connectivity index (χ4v) is 4.43. The number of benzene rings is 1.